The number of ether oxygens (including phenoxy) is 1. The molecule has 0 saturated carbocycles. The zero-order valence-electron chi connectivity index (χ0n) is 11.5. The molecule has 1 N–H and O–H groups in total. The molecule has 106 valence electrons. The summed E-state index contributed by atoms with van der Waals surface area (Å²) in [5, 5.41) is 11.9. The molecule has 5 nitrogen and oxygen atoms in total. The molecule has 0 bridgehead atoms. The van der Waals surface area contributed by atoms with Gasteiger partial charge in [-0.05, 0) is 30.5 Å². The summed E-state index contributed by atoms with van der Waals surface area (Å²) in [6.45, 7) is 4.05. The first-order valence-corrected chi connectivity index (χ1v) is 7.37. The number of nitrogens with zero attached hydrogens (tertiary/aromatic N) is 2. The third kappa shape index (κ3) is 4.03. The summed E-state index contributed by atoms with van der Waals surface area (Å²) in [5.74, 6) is 0.451. The van der Waals surface area contributed by atoms with E-state index < -0.39 is 0 Å². The van der Waals surface area contributed by atoms with E-state index >= 15 is 0 Å². The SMILES string of the molecule is CCc1ccc(OCC(=O)Nc2nnc(CC)s2)cc1. The number of aromatic nitrogens is 2. The monoisotopic (exact) mass is 291 g/mol. The van der Waals surface area contributed by atoms with Crippen molar-refractivity contribution < 1.29 is 9.53 Å². The van der Waals surface area contributed by atoms with Crippen LogP contribution in [0.2, 0.25) is 0 Å². The molecular weight excluding hydrogens is 274 g/mol. The van der Waals surface area contributed by atoms with E-state index in [2.05, 4.69) is 22.4 Å². The van der Waals surface area contributed by atoms with E-state index in [0.29, 0.717) is 10.9 Å². The summed E-state index contributed by atoms with van der Waals surface area (Å²) in [4.78, 5) is 11.7. The average Bonchev–Trinajstić information content (AvgIpc) is 2.93. The highest BCUT2D eigenvalue weighted by atomic mass is 32.1. The van der Waals surface area contributed by atoms with Gasteiger partial charge in [-0.15, -0.1) is 10.2 Å². The second kappa shape index (κ2) is 7.00. The maximum absolute atomic E-state index is 11.7. The van der Waals surface area contributed by atoms with Crippen LogP contribution >= 0.6 is 11.3 Å². The smallest absolute Gasteiger partial charge is 0.264 e. The summed E-state index contributed by atoms with van der Waals surface area (Å²) in [6, 6.07) is 7.72. The molecule has 0 aliphatic rings. The van der Waals surface area contributed by atoms with Gasteiger partial charge in [-0.25, -0.2) is 0 Å². The van der Waals surface area contributed by atoms with Crippen LogP contribution in [0.25, 0.3) is 0 Å². The van der Waals surface area contributed by atoms with Gasteiger partial charge in [0, 0.05) is 0 Å². The van der Waals surface area contributed by atoms with E-state index in [0.717, 1.165) is 17.8 Å². The van der Waals surface area contributed by atoms with E-state index in [9.17, 15) is 4.79 Å². The molecule has 0 fully saturated rings. The van der Waals surface area contributed by atoms with Crippen molar-refractivity contribution >= 4 is 22.4 Å². The van der Waals surface area contributed by atoms with Crippen LogP contribution in [0.1, 0.15) is 24.4 Å². The van der Waals surface area contributed by atoms with Gasteiger partial charge in [0.15, 0.2) is 6.61 Å². The number of carbonyl (C=O) groups excluding carboxylic acids is 1. The molecule has 0 unspecified atom stereocenters. The second-order valence-electron chi connectivity index (χ2n) is 4.19. The predicted molar refractivity (Wildman–Crippen MR) is 79.2 cm³/mol. The Kier molecular flexibility index (Phi) is 5.06. The first kappa shape index (κ1) is 14.5. The van der Waals surface area contributed by atoms with Crippen LogP contribution in [0.5, 0.6) is 5.75 Å². The highest BCUT2D eigenvalue weighted by Crippen LogP contribution is 2.16. The quantitative estimate of drug-likeness (QED) is 0.888. The lowest BCUT2D eigenvalue weighted by Gasteiger charge is -2.06. The van der Waals surface area contributed by atoms with E-state index in [1.54, 1.807) is 0 Å². The van der Waals surface area contributed by atoms with Crippen molar-refractivity contribution in [2.24, 2.45) is 0 Å². The number of nitrogens with one attached hydrogen (secondary N) is 1. The topological polar surface area (TPSA) is 64.1 Å². The fraction of sp³-hybridized carbons (Fsp3) is 0.357. The van der Waals surface area contributed by atoms with Crippen LogP contribution in [-0.2, 0) is 17.6 Å². The predicted octanol–water partition coefficient (Wildman–Crippen LogP) is 2.68. The second-order valence-corrected chi connectivity index (χ2v) is 5.25. The Hall–Kier alpha value is -1.95. The summed E-state index contributed by atoms with van der Waals surface area (Å²) < 4.78 is 5.42. The number of amides is 1. The molecule has 0 spiro atoms. The first-order valence-electron chi connectivity index (χ1n) is 6.55. The molecule has 1 aromatic heterocycles. The molecule has 20 heavy (non-hydrogen) atoms. The van der Waals surface area contributed by atoms with E-state index in [1.807, 2.05) is 31.2 Å². The standard InChI is InChI=1S/C14H17N3O2S/c1-3-10-5-7-11(8-6-10)19-9-12(18)15-14-17-16-13(4-2)20-14/h5-8H,3-4,9H2,1-2H3,(H,15,17,18). The molecule has 2 aromatic rings. The van der Waals surface area contributed by atoms with E-state index in [-0.39, 0.29) is 12.5 Å². The Morgan fingerprint density at radius 3 is 2.55 bits per heavy atom. The van der Waals surface area contributed by atoms with Crippen LogP contribution < -0.4 is 10.1 Å². The number of rotatable bonds is 6. The maximum atomic E-state index is 11.7. The minimum absolute atomic E-state index is 0.0352. The minimum Gasteiger partial charge on any atom is -0.484 e. The molecule has 0 saturated heterocycles. The van der Waals surface area contributed by atoms with Gasteiger partial charge in [0.05, 0.1) is 0 Å². The molecule has 1 amide bonds. The lowest BCUT2D eigenvalue weighted by Crippen LogP contribution is -2.20. The summed E-state index contributed by atoms with van der Waals surface area (Å²) in [5.41, 5.74) is 1.24. The number of hydrogen-bond donors (Lipinski definition) is 1. The highest BCUT2D eigenvalue weighted by molar-refractivity contribution is 7.15. The fourth-order valence-corrected chi connectivity index (χ4v) is 2.27. The van der Waals surface area contributed by atoms with Crippen molar-refractivity contribution in [2.75, 3.05) is 11.9 Å². The lowest BCUT2D eigenvalue weighted by atomic mass is 10.2. The first-order chi connectivity index (χ1) is 9.71. The zero-order valence-corrected chi connectivity index (χ0v) is 12.4. The van der Waals surface area contributed by atoms with Crippen molar-refractivity contribution in [2.45, 2.75) is 26.7 Å². The van der Waals surface area contributed by atoms with Gasteiger partial charge < -0.3 is 4.74 Å². The molecule has 1 heterocycles. The number of benzene rings is 1. The van der Waals surface area contributed by atoms with Gasteiger partial charge in [0.25, 0.3) is 5.91 Å². The molecular formula is C14H17N3O2S. The van der Waals surface area contributed by atoms with Crippen molar-refractivity contribution in [3.63, 3.8) is 0 Å². The molecule has 0 atom stereocenters. The number of hydrogen-bond acceptors (Lipinski definition) is 5. The molecule has 2 rings (SSSR count). The summed E-state index contributed by atoms with van der Waals surface area (Å²) >= 11 is 1.38. The minimum atomic E-state index is -0.233. The van der Waals surface area contributed by atoms with E-state index in [1.165, 1.54) is 16.9 Å². The third-order valence-corrected chi connectivity index (χ3v) is 3.70. The Labute approximate surface area is 122 Å². The number of anilines is 1. The summed E-state index contributed by atoms with van der Waals surface area (Å²) in [7, 11) is 0. The molecule has 0 aliphatic heterocycles. The molecule has 0 aliphatic carbocycles. The van der Waals surface area contributed by atoms with Gasteiger partial charge in [0.2, 0.25) is 5.13 Å². The van der Waals surface area contributed by atoms with Crippen LogP contribution in [-0.4, -0.2) is 22.7 Å². The largest absolute Gasteiger partial charge is 0.484 e. The molecule has 6 heteroatoms. The zero-order chi connectivity index (χ0) is 14.4. The van der Waals surface area contributed by atoms with Crippen LogP contribution in [0, 0.1) is 0 Å². The van der Waals surface area contributed by atoms with Crippen LogP contribution in [0.3, 0.4) is 0 Å². The van der Waals surface area contributed by atoms with Crippen molar-refractivity contribution in [3.05, 3.63) is 34.8 Å². The van der Waals surface area contributed by atoms with Crippen molar-refractivity contribution in [3.8, 4) is 5.75 Å². The molecule has 1 aromatic carbocycles. The van der Waals surface area contributed by atoms with Crippen LogP contribution in [0.4, 0.5) is 5.13 Å². The van der Waals surface area contributed by atoms with E-state index in [4.69, 9.17) is 4.74 Å². The molecule has 0 radical (unpaired) electrons. The van der Waals surface area contributed by atoms with Gasteiger partial charge in [-0.3, -0.25) is 10.1 Å². The van der Waals surface area contributed by atoms with Gasteiger partial charge in [-0.2, -0.15) is 0 Å². The Balaban J connectivity index is 1.82. The maximum Gasteiger partial charge on any atom is 0.264 e. The fourth-order valence-electron chi connectivity index (χ4n) is 1.57. The average molecular weight is 291 g/mol. The number of aryl methyl sites for hydroxylation is 2. The Morgan fingerprint density at radius 1 is 1.20 bits per heavy atom. The van der Waals surface area contributed by atoms with Crippen LogP contribution in [0.15, 0.2) is 24.3 Å². The van der Waals surface area contributed by atoms with Gasteiger partial charge in [-0.1, -0.05) is 37.3 Å². The lowest BCUT2D eigenvalue weighted by molar-refractivity contribution is -0.118. The van der Waals surface area contributed by atoms with Gasteiger partial charge >= 0.3 is 0 Å². The highest BCUT2D eigenvalue weighted by Gasteiger charge is 2.08. The summed E-state index contributed by atoms with van der Waals surface area (Å²) in [6.07, 6.45) is 1.80. The number of carbonyl (C=O) groups is 1. The Bertz CT molecular complexity index is 566. The normalized spacial score (nSPS) is 10.3. The van der Waals surface area contributed by atoms with Gasteiger partial charge in [0.1, 0.15) is 10.8 Å². The Morgan fingerprint density at radius 2 is 1.95 bits per heavy atom. The van der Waals surface area contributed by atoms with Crippen molar-refractivity contribution in [1.82, 2.24) is 10.2 Å². The van der Waals surface area contributed by atoms with Crippen molar-refractivity contribution in [1.29, 1.82) is 0 Å². The third-order valence-electron chi connectivity index (χ3n) is 2.72.